The Kier molecular flexibility index (Phi) is 2.72. The molecule has 1 N–H and O–H groups in total. The summed E-state index contributed by atoms with van der Waals surface area (Å²) in [7, 11) is 1.82. The normalized spacial score (nSPS) is 11.4. The molecule has 0 bridgehead atoms. The molecule has 2 aromatic heterocycles. The summed E-state index contributed by atoms with van der Waals surface area (Å²) in [4.78, 5) is 3.09. The van der Waals surface area contributed by atoms with Crippen molar-refractivity contribution in [2.45, 2.75) is 6.92 Å². The van der Waals surface area contributed by atoms with Crippen molar-refractivity contribution in [3.05, 3.63) is 39.5 Å². The van der Waals surface area contributed by atoms with Gasteiger partial charge in [0.25, 0.3) is 0 Å². The molecule has 3 rings (SSSR count). The Labute approximate surface area is 118 Å². The molecular formula is C12H10ClFN4S. The van der Waals surface area contributed by atoms with Gasteiger partial charge in [-0.05, 0) is 37.3 Å². The molecule has 0 aliphatic carbocycles. The van der Waals surface area contributed by atoms with E-state index in [1.54, 1.807) is 15.3 Å². The van der Waals surface area contributed by atoms with E-state index in [2.05, 4.69) is 10.1 Å². The number of aromatic amines is 1. The van der Waals surface area contributed by atoms with Crippen molar-refractivity contribution in [3.63, 3.8) is 0 Å². The molecule has 4 nitrogen and oxygen atoms in total. The van der Waals surface area contributed by atoms with Crippen LogP contribution < -0.4 is 0 Å². The van der Waals surface area contributed by atoms with E-state index >= 15 is 0 Å². The van der Waals surface area contributed by atoms with Crippen molar-refractivity contribution in [2.24, 2.45) is 7.05 Å². The van der Waals surface area contributed by atoms with Crippen LogP contribution in [-0.4, -0.2) is 19.3 Å². The summed E-state index contributed by atoms with van der Waals surface area (Å²) in [6.07, 6.45) is 0. The van der Waals surface area contributed by atoms with Gasteiger partial charge >= 0.3 is 0 Å². The van der Waals surface area contributed by atoms with Crippen molar-refractivity contribution in [1.29, 1.82) is 0 Å². The predicted octanol–water partition coefficient (Wildman–Crippen LogP) is 3.52. The average Bonchev–Trinajstić information content (AvgIpc) is 2.82. The number of fused-ring (bicyclic) bond motifs is 1. The largest absolute Gasteiger partial charge is 0.327 e. The fourth-order valence-electron chi connectivity index (χ4n) is 2.17. The quantitative estimate of drug-likeness (QED) is 0.698. The van der Waals surface area contributed by atoms with Gasteiger partial charge < -0.3 is 4.98 Å². The number of imidazole rings is 1. The van der Waals surface area contributed by atoms with Gasteiger partial charge in [0.1, 0.15) is 11.3 Å². The van der Waals surface area contributed by atoms with E-state index in [-0.39, 0.29) is 5.02 Å². The number of halogens is 2. The molecule has 19 heavy (non-hydrogen) atoms. The van der Waals surface area contributed by atoms with Crippen LogP contribution in [0.4, 0.5) is 4.39 Å². The smallest absolute Gasteiger partial charge is 0.184 e. The molecule has 0 saturated heterocycles. The van der Waals surface area contributed by atoms with E-state index in [1.807, 2.05) is 14.0 Å². The van der Waals surface area contributed by atoms with Gasteiger partial charge in [-0.3, -0.25) is 4.57 Å². The van der Waals surface area contributed by atoms with Crippen LogP contribution in [0.25, 0.3) is 16.9 Å². The highest BCUT2D eigenvalue weighted by Gasteiger charge is 2.14. The van der Waals surface area contributed by atoms with Crippen LogP contribution in [-0.2, 0) is 7.05 Å². The topological polar surface area (TPSA) is 38.5 Å². The van der Waals surface area contributed by atoms with Gasteiger partial charge in [-0.1, -0.05) is 11.6 Å². The van der Waals surface area contributed by atoms with Gasteiger partial charge in [-0.25, -0.2) is 9.07 Å². The Balaban J connectivity index is 2.38. The zero-order valence-corrected chi connectivity index (χ0v) is 11.8. The van der Waals surface area contributed by atoms with Gasteiger partial charge in [-0.2, -0.15) is 5.10 Å². The summed E-state index contributed by atoms with van der Waals surface area (Å²) in [5.41, 5.74) is 3.10. The molecule has 0 atom stereocenters. The fraction of sp³-hybridized carbons (Fsp3) is 0.167. The van der Waals surface area contributed by atoms with Crippen molar-refractivity contribution >= 4 is 35.0 Å². The highest BCUT2D eigenvalue weighted by Crippen LogP contribution is 2.24. The molecule has 0 fully saturated rings. The third kappa shape index (κ3) is 1.79. The molecule has 0 aliphatic heterocycles. The van der Waals surface area contributed by atoms with Crippen molar-refractivity contribution < 1.29 is 4.39 Å². The minimum Gasteiger partial charge on any atom is -0.327 e. The van der Waals surface area contributed by atoms with Crippen LogP contribution in [0.1, 0.15) is 5.69 Å². The summed E-state index contributed by atoms with van der Waals surface area (Å²) in [5.74, 6) is -0.477. The molecular weight excluding hydrogens is 287 g/mol. The standard InChI is InChI=1S/C12H10ClFN4S/c1-6-10-11(17(2)16-6)18(12(19)15-10)7-3-4-8(13)9(14)5-7/h3-5H,1-2H3,(H,15,19). The van der Waals surface area contributed by atoms with Crippen LogP contribution in [0.3, 0.4) is 0 Å². The zero-order valence-electron chi connectivity index (χ0n) is 10.2. The lowest BCUT2D eigenvalue weighted by molar-refractivity contribution is 0.627. The Morgan fingerprint density at radius 2 is 2.16 bits per heavy atom. The zero-order chi connectivity index (χ0) is 13.7. The number of H-pyrrole nitrogens is 1. The van der Waals surface area contributed by atoms with Crippen LogP contribution in [0.2, 0.25) is 5.02 Å². The number of aromatic nitrogens is 4. The number of benzene rings is 1. The lowest BCUT2D eigenvalue weighted by Gasteiger charge is -2.05. The van der Waals surface area contributed by atoms with E-state index in [1.165, 1.54) is 12.1 Å². The first-order valence-electron chi connectivity index (χ1n) is 5.59. The maximum atomic E-state index is 13.6. The van der Waals surface area contributed by atoms with E-state index in [9.17, 15) is 4.39 Å². The van der Waals surface area contributed by atoms with Crippen LogP contribution in [0.15, 0.2) is 18.2 Å². The number of nitrogens with zero attached hydrogens (tertiary/aromatic N) is 3. The number of aryl methyl sites for hydroxylation is 2. The van der Waals surface area contributed by atoms with Gasteiger partial charge in [-0.15, -0.1) is 0 Å². The molecule has 0 radical (unpaired) electrons. The summed E-state index contributed by atoms with van der Waals surface area (Å²) in [6.45, 7) is 1.89. The number of nitrogens with one attached hydrogen (secondary N) is 1. The maximum Gasteiger partial charge on any atom is 0.184 e. The summed E-state index contributed by atoms with van der Waals surface area (Å²) in [6, 6.07) is 4.58. The Hall–Kier alpha value is -1.66. The molecule has 0 unspecified atom stereocenters. The average molecular weight is 297 g/mol. The Morgan fingerprint density at radius 1 is 1.42 bits per heavy atom. The first kappa shape index (κ1) is 12.4. The van der Waals surface area contributed by atoms with Crippen LogP contribution in [0, 0.1) is 17.5 Å². The van der Waals surface area contributed by atoms with Gasteiger partial charge in [0, 0.05) is 7.05 Å². The molecule has 98 valence electrons. The minimum absolute atomic E-state index is 0.0863. The molecule has 0 saturated carbocycles. The summed E-state index contributed by atoms with van der Waals surface area (Å²) < 4.78 is 17.5. The second-order valence-corrected chi connectivity index (χ2v) is 5.07. The fourth-order valence-corrected chi connectivity index (χ4v) is 2.58. The molecule has 0 amide bonds. The minimum atomic E-state index is -0.477. The Morgan fingerprint density at radius 3 is 2.84 bits per heavy atom. The first-order valence-corrected chi connectivity index (χ1v) is 6.37. The first-order chi connectivity index (χ1) is 8.99. The van der Waals surface area contributed by atoms with Crippen molar-refractivity contribution in [2.75, 3.05) is 0 Å². The monoisotopic (exact) mass is 296 g/mol. The molecule has 3 aromatic rings. The predicted molar refractivity (Wildman–Crippen MR) is 74.9 cm³/mol. The molecule has 2 heterocycles. The highest BCUT2D eigenvalue weighted by molar-refractivity contribution is 7.71. The van der Waals surface area contributed by atoms with E-state index in [0.717, 1.165) is 16.9 Å². The van der Waals surface area contributed by atoms with Gasteiger partial charge in [0.2, 0.25) is 0 Å². The third-order valence-electron chi connectivity index (χ3n) is 3.00. The van der Waals surface area contributed by atoms with Crippen molar-refractivity contribution in [1.82, 2.24) is 19.3 Å². The number of hydrogen-bond acceptors (Lipinski definition) is 2. The van der Waals surface area contributed by atoms with Crippen LogP contribution >= 0.6 is 23.8 Å². The molecule has 0 spiro atoms. The maximum absolute atomic E-state index is 13.6. The molecule has 7 heteroatoms. The van der Waals surface area contributed by atoms with Gasteiger partial charge in [0.05, 0.1) is 16.4 Å². The SMILES string of the molecule is Cc1nn(C)c2c1[nH]c(=S)n2-c1ccc(Cl)c(F)c1. The van der Waals surface area contributed by atoms with Crippen molar-refractivity contribution in [3.8, 4) is 5.69 Å². The number of hydrogen-bond donors (Lipinski definition) is 1. The summed E-state index contributed by atoms with van der Waals surface area (Å²) in [5, 5.41) is 4.40. The molecule has 1 aromatic carbocycles. The molecule has 0 aliphatic rings. The third-order valence-corrected chi connectivity index (χ3v) is 3.59. The second-order valence-electron chi connectivity index (χ2n) is 4.27. The number of rotatable bonds is 1. The lowest BCUT2D eigenvalue weighted by atomic mass is 10.3. The Bertz CT molecular complexity index is 845. The summed E-state index contributed by atoms with van der Waals surface area (Å²) >= 11 is 11.0. The van der Waals surface area contributed by atoms with E-state index < -0.39 is 5.82 Å². The second kappa shape index (κ2) is 4.18. The van der Waals surface area contributed by atoms with E-state index in [4.69, 9.17) is 23.8 Å². The van der Waals surface area contributed by atoms with Gasteiger partial charge in [0.15, 0.2) is 10.4 Å². The van der Waals surface area contributed by atoms with E-state index in [0.29, 0.717) is 10.5 Å². The van der Waals surface area contributed by atoms with Crippen LogP contribution in [0.5, 0.6) is 0 Å². The highest BCUT2D eigenvalue weighted by atomic mass is 35.5. The lowest BCUT2D eigenvalue weighted by Crippen LogP contribution is -2.01.